The summed E-state index contributed by atoms with van der Waals surface area (Å²) in [6, 6.07) is 6.21. The van der Waals surface area contributed by atoms with Gasteiger partial charge < -0.3 is 4.90 Å². The third-order valence-electron chi connectivity index (χ3n) is 4.09. The molecule has 116 valence electrons. The van der Waals surface area contributed by atoms with E-state index >= 15 is 0 Å². The molecule has 0 unspecified atom stereocenters. The number of hydrogen-bond acceptors (Lipinski definition) is 4. The lowest BCUT2D eigenvalue weighted by Crippen LogP contribution is -2.48. The smallest absolute Gasteiger partial charge is 0.222 e. The molecule has 0 aromatic carbocycles. The van der Waals surface area contributed by atoms with E-state index in [-0.39, 0.29) is 5.91 Å². The van der Waals surface area contributed by atoms with Crippen molar-refractivity contribution in [2.45, 2.75) is 19.4 Å². The van der Waals surface area contributed by atoms with Crippen molar-refractivity contribution in [3.8, 4) is 0 Å². The van der Waals surface area contributed by atoms with Crippen LogP contribution in [0, 0.1) is 0 Å². The van der Waals surface area contributed by atoms with Crippen LogP contribution in [0.15, 0.2) is 41.4 Å². The fourth-order valence-electron chi connectivity index (χ4n) is 2.75. The fraction of sp³-hybridized carbons (Fsp3) is 0.412. The predicted molar refractivity (Wildman–Crippen MR) is 88.7 cm³/mol. The first-order valence-corrected chi connectivity index (χ1v) is 8.65. The highest BCUT2D eigenvalue weighted by Crippen LogP contribution is 2.12. The van der Waals surface area contributed by atoms with Crippen LogP contribution in [0.4, 0.5) is 0 Å². The van der Waals surface area contributed by atoms with Crippen molar-refractivity contribution in [3.63, 3.8) is 0 Å². The summed E-state index contributed by atoms with van der Waals surface area (Å²) >= 11 is 1.69. The van der Waals surface area contributed by atoms with E-state index in [0.29, 0.717) is 6.42 Å². The number of aryl methyl sites for hydroxylation is 1. The Morgan fingerprint density at radius 1 is 1.09 bits per heavy atom. The second kappa shape index (κ2) is 7.51. The van der Waals surface area contributed by atoms with Crippen LogP contribution >= 0.6 is 11.3 Å². The molecule has 0 radical (unpaired) electrons. The molecule has 22 heavy (non-hydrogen) atoms. The summed E-state index contributed by atoms with van der Waals surface area (Å²) in [5.41, 5.74) is 2.56. The maximum Gasteiger partial charge on any atom is 0.222 e. The highest BCUT2D eigenvalue weighted by atomic mass is 32.1. The zero-order valence-electron chi connectivity index (χ0n) is 12.6. The third kappa shape index (κ3) is 4.15. The summed E-state index contributed by atoms with van der Waals surface area (Å²) in [7, 11) is 0. The van der Waals surface area contributed by atoms with E-state index in [0.717, 1.165) is 39.1 Å². The van der Waals surface area contributed by atoms with Gasteiger partial charge in [0.05, 0.1) is 0 Å². The normalized spacial score (nSPS) is 15.9. The van der Waals surface area contributed by atoms with Gasteiger partial charge >= 0.3 is 0 Å². The minimum atomic E-state index is 0.287. The van der Waals surface area contributed by atoms with Crippen molar-refractivity contribution in [1.29, 1.82) is 0 Å². The topological polar surface area (TPSA) is 36.4 Å². The lowest BCUT2D eigenvalue weighted by Gasteiger charge is -2.34. The van der Waals surface area contributed by atoms with Crippen molar-refractivity contribution in [3.05, 3.63) is 52.5 Å². The van der Waals surface area contributed by atoms with Gasteiger partial charge in [-0.25, -0.2) is 0 Å². The number of pyridine rings is 1. The van der Waals surface area contributed by atoms with Gasteiger partial charge in [-0.3, -0.25) is 14.7 Å². The van der Waals surface area contributed by atoms with Crippen molar-refractivity contribution in [2.24, 2.45) is 0 Å². The molecule has 3 rings (SSSR count). The first-order chi connectivity index (χ1) is 10.8. The number of aromatic nitrogens is 1. The van der Waals surface area contributed by atoms with Crippen LogP contribution in [-0.4, -0.2) is 46.9 Å². The minimum Gasteiger partial charge on any atom is -0.340 e. The van der Waals surface area contributed by atoms with Crippen LogP contribution in [0.1, 0.15) is 17.5 Å². The average molecular weight is 315 g/mol. The number of carbonyl (C=O) groups is 1. The Kier molecular flexibility index (Phi) is 5.19. The summed E-state index contributed by atoms with van der Waals surface area (Å²) in [6.45, 7) is 4.53. The number of rotatable bonds is 5. The van der Waals surface area contributed by atoms with Gasteiger partial charge in [0, 0.05) is 51.5 Å². The van der Waals surface area contributed by atoms with Crippen LogP contribution in [0.2, 0.25) is 0 Å². The minimum absolute atomic E-state index is 0.287. The second-order valence-corrected chi connectivity index (χ2v) is 6.42. The quantitative estimate of drug-likeness (QED) is 0.850. The largest absolute Gasteiger partial charge is 0.340 e. The molecule has 1 aliphatic heterocycles. The molecule has 2 aromatic heterocycles. The Morgan fingerprint density at radius 2 is 1.86 bits per heavy atom. The molecule has 0 bridgehead atoms. The standard InChI is InChI=1S/C17H21N3OS/c21-17(2-1-16-5-12-22-14-16)20-10-8-19(9-11-20)13-15-3-6-18-7-4-15/h3-7,12,14H,1-2,8-11,13H2. The number of thiophene rings is 1. The van der Waals surface area contributed by atoms with E-state index in [1.807, 2.05) is 17.3 Å². The molecule has 5 heteroatoms. The zero-order chi connectivity index (χ0) is 15.2. The molecule has 1 fully saturated rings. The molecular formula is C17H21N3OS. The van der Waals surface area contributed by atoms with Crippen LogP contribution in [0.3, 0.4) is 0 Å². The number of amides is 1. The molecule has 1 amide bonds. The first-order valence-electron chi connectivity index (χ1n) is 7.71. The molecule has 0 saturated carbocycles. The van der Waals surface area contributed by atoms with Gasteiger partial charge in [0.2, 0.25) is 5.91 Å². The predicted octanol–water partition coefficient (Wildman–Crippen LogP) is 2.42. The molecule has 2 aromatic rings. The van der Waals surface area contributed by atoms with E-state index < -0.39 is 0 Å². The maximum atomic E-state index is 12.3. The van der Waals surface area contributed by atoms with Crippen LogP contribution in [0.25, 0.3) is 0 Å². The molecule has 0 N–H and O–H groups in total. The van der Waals surface area contributed by atoms with Gasteiger partial charge in [-0.1, -0.05) is 0 Å². The van der Waals surface area contributed by atoms with Gasteiger partial charge in [-0.2, -0.15) is 11.3 Å². The number of nitrogens with zero attached hydrogens (tertiary/aromatic N) is 3. The Balaban J connectivity index is 1.42. The number of hydrogen-bond donors (Lipinski definition) is 0. The van der Waals surface area contributed by atoms with Crippen LogP contribution in [0.5, 0.6) is 0 Å². The van der Waals surface area contributed by atoms with Gasteiger partial charge in [-0.15, -0.1) is 0 Å². The molecule has 0 aliphatic carbocycles. The van der Waals surface area contributed by atoms with E-state index in [1.54, 1.807) is 11.3 Å². The summed E-state index contributed by atoms with van der Waals surface area (Å²) in [6.07, 6.45) is 5.15. The Morgan fingerprint density at radius 3 is 2.55 bits per heavy atom. The molecule has 0 atom stereocenters. The number of piperazine rings is 1. The number of carbonyl (C=O) groups excluding carboxylic acids is 1. The van der Waals surface area contributed by atoms with E-state index in [2.05, 4.69) is 38.8 Å². The average Bonchev–Trinajstić information content (AvgIpc) is 3.08. The van der Waals surface area contributed by atoms with E-state index in [9.17, 15) is 4.79 Å². The van der Waals surface area contributed by atoms with Crippen molar-refractivity contribution in [1.82, 2.24) is 14.8 Å². The fourth-order valence-corrected chi connectivity index (χ4v) is 3.45. The lowest BCUT2D eigenvalue weighted by atomic mass is 10.1. The van der Waals surface area contributed by atoms with Gasteiger partial charge in [0.25, 0.3) is 0 Å². The molecule has 4 nitrogen and oxygen atoms in total. The molecule has 0 spiro atoms. The first kappa shape index (κ1) is 15.2. The molecule has 3 heterocycles. The van der Waals surface area contributed by atoms with Crippen molar-refractivity contribution >= 4 is 17.2 Å². The van der Waals surface area contributed by atoms with Crippen LogP contribution in [-0.2, 0) is 17.8 Å². The summed E-state index contributed by atoms with van der Waals surface area (Å²) in [5.74, 6) is 0.287. The summed E-state index contributed by atoms with van der Waals surface area (Å²) < 4.78 is 0. The SMILES string of the molecule is O=C(CCc1ccsc1)N1CCN(Cc2ccncc2)CC1. The summed E-state index contributed by atoms with van der Waals surface area (Å²) in [4.78, 5) is 20.7. The second-order valence-electron chi connectivity index (χ2n) is 5.64. The Labute approximate surface area is 135 Å². The van der Waals surface area contributed by atoms with Gasteiger partial charge in [-0.05, 0) is 46.5 Å². The highest BCUT2D eigenvalue weighted by molar-refractivity contribution is 7.07. The lowest BCUT2D eigenvalue weighted by molar-refractivity contribution is -0.133. The maximum absolute atomic E-state index is 12.3. The molecular weight excluding hydrogens is 294 g/mol. The Bertz CT molecular complexity index is 577. The third-order valence-corrected chi connectivity index (χ3v) is 4.82. The molecule has 1 aliphatic rings. The molecule has 1 saturated heterocycles. The zero-order valence-corrected chi connectivity index (χ0v) is 13.5. The van der Waals surface area contributed by atoms with Gasteiger partial charge in [0.1, 0.15) is 0 Å². The highest BCUT2D eigenvalue weighted by Gasteiger charge is 2.20. The summed E-state index contributed by atoms with van der Waals surface area (Å²) in [5, 5.41) is 4.19. The Hall–Kier alpha value is -1.72. The van der Waals surface area contributed by atoms with E-state index in [4.69, 9.17) is 0 Å². The van der Waals surface area contributed by atoms with Crippen LogP contribution < -0.4 is 0 Å². The van der Waals surface area contributed by atoms with Gasteiger partial charge in [0.15, 0.2) is 0 Å². The monoisotopic (exact) mass is 315 g/mol. The van der Waals surface area contributed by atoms with Crippen molar-refractivity contribution in [2.75, 3.05) is 26.2 Å². The van der Waals surface area contributed by atoms with Crippen molar-refractivity contribution < 1.29 is 4.79 Å². The van der Waals surface area contributed by atoms with E-state index in [1.165, 1.54) is 11.1 Å².